The third-order valence-corrected chi connectivity index (χ3v) is 3.44. The molecule has 0 amide bonds. The highest BCUT2D eigenvalue weighted by molar-refractivity contribution is 5.31. The van der Waals surface area contributed by atoms with Gasteiger partial charge in [0.05, 0.1) is 17.6 Å². The summed E-state index contributed by atoms with van der Waals surface area (Å²) < 4.78 is 27.6. The van der Waals surface area contributed by atoms with Gasteiger partial charge in [-0.15, -0.1) is 5.10 Å². The van der Waals surface area contributed by atoms with Crippen LogP contribution in [0.2, 0.25) is 0 Å². The van der Waals surface area contributed by atoms with Gasteiger partial charge in [0.2, 0.25) is 0 Å². The Balaban J connectivity index is 1.85. The van der Waals surface area contributed by atoms with Gasteiger partial charge in [-0.25, -0.2) is 13.5 Å². The number of halogens is 2. The summed E-state index contributed by atoms with van der Waals surface area (Å²) in [5.41, 5.74) is 1.39. The summed E-state index contributed by atoms with van der Waals surface area (Å²) in [7, 11) is 0. The maximum Gasteiger partial charge on any atom is 0.160 e. The van der Waals surface area contributed by atoms with E-state index in [0.717, 1.165) is 43.8 Å². The Labute approximate surface area is 109 Å². The average molecular weight is 264 g/mol. The van der Waals surface area contributed by atoms with E-state index in [0.29, 0.717) is 11.6 Å². The van der Waals surface area contributed by atoms with Crippen LogP contribution in [0.3, 0.4) is 0 Å². The number of nitrogens with zero attached hydrogens (tertiary/aromatic N) is 3. The molecule has 1 aliphatic rings. The van der Waals surface area contributed by atoms with E-state index in [-0.39, 0.29) is 0 Å². The van der Waals surface area contributed by atoms with Crippen LogP contribution in [-0.4, -0.2) is 28.1 Å². The molecule has 1 aliphatic heterocycles. The third kappa shape index (κ3) is 2.49. The molecule has 1 fully saturated rings. The molecule has 3 rings (SSSR count). The lowest BCUT2D eigenvalue weighted by atomic mass is 9.95. The number of hydrogen-bond acceptors (Lipinski definition) is 3. The van der Waals surface area contributed by atoms with E-state index >= 15 is 0 Å². The van der Waals surface area contributed by atoms with Crippen LogP contribution in [0.4, 0.5) is 8.78 Å². The molecule has 0 unspecified atom stereocenters. The Bertz CT molecular complexity index is 576. The third-order valence-electron chi connectivity index (χ3n) is 3.44. The van der Waals surface area contributed by atoms with Gasteiger partial charge in [0.15, 0.2) is 11.6 Å². The van der Waals surface area contributed by atoms with Crippen molar-refractivity contribution in [2.24, 2.45) is 0 Å². The number of benzene rings is 1. The van der Waals surface area contributed by atoms with Crippen molar-refractivity contribution in [3.05, 3.63) is 41.7 Å². The van der Waals surface area contributed by atoms with Crippen molar-refractivity contribution < 1.29 is 8.78 Å². The molecular formula is C13H14F2N4. The molecule has 2 heterocycles. The van der Waals surface area contributed by atoms with Gasteiger partial charge in [0.25, 0.3) is 0 Å². The van der Waals surface area contributed by atoms with Gasteiger partial charge < -0.3 is 5.32 Å². The van der Waals surface area contributed by atoms with Gasteiger partial charge in [-0.2, -0.15) is 0 Å². The minimum Gasteiger partial charge on any atom is -0.317 e. The minimum absolute atomic E-state index is 0.389. The molecule has 1 aromatic heterocycles. The Morgan fingerprint density at radius 3 is 2.68 bits per heavy atom. The first-order chi connectivity index (χ1) is 9.24. The van der Waals surface area contributed by atoms with Crippen molar-refractivity contribution in [3.8, 4) is 5.69 Å². The highest BCUT2D eigenvalue weighted by Crippen LogP contribution is 2.23. The zero-order chi connectivity index (χ0) is 13.2. The number of piperidine rings is 1. The van der Waals surface area contributed by atoms with Gasteiger partial charge in [-0.3, -0.25) is 0 Å². The van der Waals surface area contributed by atoms with E-state index < -0.39 is 11.6 Å². The second-order valence-electron chi connectivity index (χ2n) is 4.71. The monoisotopic (exact) mass is 264 g/mol. The molecule has 0 aliphatic carbocycles. The molecule has 0 saturated carbocycles. The summed E-state index contributed by atoms with van der Waals surface area (Å²) in [5.74, 6) is -1.35. The van der Waals surface area contributed by atoms with Crippen molar-refractivity contribution in [1.29, 1.82) is 0 Å². The van der Waals surface area contributed by atoms with Gasteiger partial charge >= 0.3 is 0 Å². The van der Waals surface area contributed by atoms with Crippen LogP contribution < -0.4 is 5.32 Å². The van der Waals surface area contributed by atoms with Crippen molar-refractivity contribution >= 4 is 0 Å². The average Bonchev–Trinajstić information content (AvgIpc) is 2.93. The predicted octanol–water partition coefficient (Wildman–Crippen LogP) is 2.01. The molecular weight excluding hydrogens is 250 g/mol. The van der Waals surface area contributed by atoms with Crippen LogP contribution in [0.1, 0.15) is 24.5 Å². The molecule has 1 aromatic carbocycles. The molecule has 2 aromatic rings. The van der Waals surface area contributed by atoms with Crippen molar-refractivity contribution in [2.45, 2.75) is 18.8 Å². The Morgan fingerprint density at radius 2 is 1.95 bits per heavy atom. The standard InChI is InChI=1S/C13H14F2N4/c14-11-2-1-10(7-12(11)15)19-8-13(17-18-19)9-3-5-16-6-4-9/h1-2,7-9,16H,3-6H2. The summed E-state index contributed by atoms with van der Waals surface area (Å²) in [4.78, 5) is 0. The Kier molecular flexibility index (Phi) is 3.25. The van der Waals surface area contributed by atoms with Crippen LogP contribution in [0.15, 0.2) is 24.4 Å². The minimum atomic E-state index is -0.878. The Hall–Kier alpha value is -1.82. The second-order valence-corrected chi connectivity index (χ2v) is 4.71. The molecule has 1 N–H and O–H groups in total. The van der Waals surface area contributed by atoms with Gasteiger partial charge in [0.1, 0.15) is 0 Å². The van der Waals surface area contributed by atoms with E-state index in [9.17, 15) is 8.78 Å². The van der Waals surface area contributed by atoms with E-state index in [2.05, 4.69) is 15.6 Å². The van der Waals surface area contributed by atoms with Gasteiger partial charge in [-0.1, -0.05) is 5.21 Å². The fraction of sp³-hybridized carbons (Fsp3) is 0.385. The van der Waals surface area contributed by atoms with Crippen LogP contribution in [0.5, 0.6) is 0 Å². The molecule has 4 nitrogen and oxygen atoms in total. The molecule has 19 heavy (non-hydrogen) atoms. The topological polar surface area (TPSA) is 42.7 Å². The lowest BCUT2D eigenvalue weighted by Gasteiger charge is -2.19. The lowest BCUT2D eigenvalue weighted by molar-refractivity contribution is 0.453. The maximum atomic E-state index is 13.2. The van der Waals surface area contributed by atoms with Crippen molar-refractivity contribution in [2.75, 3.05) is 13.1 Å². The number of nitrogens with one attached hydrogen (secondary N) is 1. The van der Waals surface area contributed by atoms with Crippen LogP contribution in [-0.2, 0) is 0 Å². The first kappa shape index (κ1) is 12.2. The van der Waals surface area contributed by atoms with Gasteiger partial charge in [0, 0.05) is 12.0 Å². The van der Waals surface area contributed by atoms with Crippen molar-refractivity contribution in [3.63, 3.8) is 0 Å². The number of aromatic nitrogens is 3. The van der Waals surface area contributed by atoms with Gasteiger partial charge in [-0.05, 0) is 38.1 Å². The summed E-state index contributed by atoms with van der Waals surface area (Å²) in [5, 5.41) is 11.4. The maximum absolute atomic E-state index is 13.2. The zero-order valence-electron chi connectivity index (χ0n) is 10.3. The highest BCUT2D eigenvalue weighted by Gasteiger charge is 2.18. The number of hydrogen-bond donors (Lipinski definition) is 1. The molecule has 1 saturated heterocycles. The van der Waals surface area contributed by atoms with E-state index in [1.54, 1.807) is 6.20 Å². The summed E-state index contributed by atoms with van der Waals surface area (Å²) in [6.07, 6.45) is 3.84. The predicted molar refractivity (Wildman–Crippen MR) is 66.1 cm³/mol. The van der Waals surface area contributed by atoms with E-state index in [1.807, 2.05) is 0 Å². The second kappa shape index (κ2) is 5.05. The van der Waals surface area contributed by atoms with Crippen molar-refractivity contribution in [1.82, 2.24) is 20.3 Å². The highest BCUT2D eigenvalue weighted by atomic mass is 19.2. The molecule has 0 radical (unpaired) electrons. The lowest BCUT2D eigenvalue weighted by Crippen LogP contribution is -2.26. The van der Waals surface area contributed by atoms with E-state index in [1.165, 1.54) is 10.7 Å². The van der Waals surface area contributed by atoms with Crippen LogP contribution in [0, 0.1) is 11.6 Å². The smallest absolute Gasteiger partial charge is 0.160 e. The quantitative estimate of drug-likeness (QED) is 0.902. The first-order valence-electron chi connectivity index (χ1n) is 6.32. The Morgan fingerprint density at radius 1 is 1.16 bits per heavy atom. The summed E-state index contributed by atoms with van der Waals surface area (Å²) >= 11 is 0. The first-order valence-corrected chi connectivity index (χ1v) is 6.32. The fourth-order valence-electron chi connectivity index (χ4n) is 2.34. The molecule has 6 heteroatoms. The number of rotatable bonds is 2. The normalized spacial score (nSPS) is 16.7. The molecule has 0 spiro atoms. The largest absolute Gasteiger partial charge is 0.317 e. The fourth-order valence-corrected chi connectivity index (χ4v) is 2.34. The summed E-state index contributed by atoms with van der Waals surface area (Å²) in [6, 6.07) is 3.70. The van der Waals surface area contributed by atoms with E-state index in [4.69, 9.17) is 0 Å². The summed E-state index contributed by atoms with van der Waals surface area (Å²) in [6.45, 7) is 1.95. The zero-order valence-corrected chi connectivity index (χ0v) is 10.3. The molecule has 100 valence electrons. The molecule has 0 bridgehead atoms. The molecule has 0 atom stereocenters. The SMILES string of the molecule is Fc1ccc(-n2cc(C3CCNCC3)nn2)cc1F. The van der Waals surface area contributed by atoms with Crippen LogP contribution >= 0.6 is 0 Å². The van der Waals surface area contributed by atoms with Crippen LogP contribution in [0.25, 0.3) is 5.69 Å².